The topological polar surface area (TPSA) is 26.3 Å². The largest absolute Gasteiger partial charge is 0.374 e. The Kier molecular flexibility index (Phi) is 3.87. The third-order valence-corrected chi connectivity index (χ3v) is 2.91. The molecule has 2 heteroatoms. The third-order valence-electron chi connectivity index (χ3n) is 2.91. The van der Waals surface area contributed by atoms with Gasteiger partial charge in [0.15, 0.2) is 0 Å². The van der Waals surface area contributed by atoms with E-state index in [0.29, 0.717) is 0 Å². The molecule has 2 atom stereocenters. The van der Waals surface area contributed by atoms with E-state index in [1.54, 1.807) is 0 Å². The van der Waals surface area contributed by atoms with Crippen molar-refractivity contribution in [3.05, 3.63) is 12.7 Å². The van der Waals surface area contributed by atoms with Gasteiger partial charge in [0.25, 0.3) is 0 Å². The zero-order chi connectivity index (χ0) is 10.6. The molecule has 0 amide bonds. The summed E-state index contributed by atoms with van der Waals surface area (Å²) in [5, 5.41) is 0. The van der Waals surface area contributed by atoms with Gasteiger partial charge < -0.3 is 9.53 Å². The molecule has 0 radical (unpaired) electrons. The van der Waals surface area contributed by atoms with Crippen molar-refractivity contribution >= 4 is 6.29 Å². The summed E-state index contributed by atoms with van der Waals surface area (Å²) in [5.41, 5.74) is -0.347. The van der Waals surface area contributed by atoms with Crippen LogP contribution in [0.3, 0.4) is 0 Å². The second-order valence-corrected chi connectivity index (χ2v) is 4.64. The van der Waals surface area contributed by atoms with Gasteiger partial charge in [-0.05, 0) is 25.7 Å². The zero-order valence-corrected chi connectivity index (χ0v) is 9.16. The van der Waals surface area contributed by atoms with Gasteiger partial charge in [0.05, 0.1) is 12.2 Å². The first-order chi connectivity index (χ1) is 6.60. The van der Waals surface area contributed by atoms with Crippen LogP contribution in [0.1, 0.15) is 39.5 Å². The van der Waals surface area contributed by atoms with E-state index in [4.69, 9.17) is 4.74 Å². The molecule has 14 heavy (non-hydrogen) atoms. The van der Waals surface area contributed by atoms with Crippen LogP contribution in [0.2, 0.25) is 0 Å². The van der Waals surface area contributed by atoms with Gasteiger partial charge >= 0.3 is 0 Å². The quantitative estimate of drug-likeness (QED) is 0.510. The highest BCUT2D eigenvalue weighted by atomic mass is 16.5. The number of rotatable bonds is 4. The maximum Gasteiger partial charge on any atom is 0.128 e. The summed E-state index contributed by atoms with van der Waals surface area (Å²) in [6.45, 7) is 7.60. The first-order valence-electron chi connectivity index (χ1n) is 5.33. The first kappa shape index (κ1) is 11.4. The molecular weight excluding hydrogens is 176 g/mol. The fourth-order valence-electron chi connectivity index (χ4n) is 1.88. The highest BCUT2D eigenvalue weighted by Gasteiger charge is 2.34. The van der Waals surface area contributed by atoms with Crippen LogP contribution in [-0.4, -0.2) is 18.5 Å². The van der Waals surface area contributed by atoms with Crippen LogP contribution in [0.5, 0.6) is 0 Å². The molecule has 0 unspecified atom stereocenters. The number of hydrogen-bond acceptors (Lipinski definition) is 2. The molecule has 1 aliphatic rings. The van der Waals surface area contributed by atoms with E-state index in [-0.39, 0.29) is 17.6 Å². The van der Waals surface area contributed by atoms with Crippen molar-refractivity contribution < 1.29 is 9.53 Å². The monoisotopic (exact) mass is 196 g/mol. The minimum Gasteiger partial charge on any atom is -0.374 e. The highest BCUT2D eigenvalue weighted by molar-refractivity contribution is 5.59. The van der Waals surface area contributed by atoms with Gasteiger partial charge in [0, 0.05) is 5.41 Å². The molecule has 0 bridgehead atoms. The summed E-state index contributed by atoms with van der Waals surface area (Å²) in [7, 11) is 0. The molecule has 1 aliphatic heterocycles. The van der Waals surface area contributed by atoms with Crippen LogP contribution in [-0.2, 0) is 9.53 Å². The molecule has 0 aromatic carbocycles. The normalized spacial score (nSPS) is 28.4. The lowest BCUT2D eigenvalue weighted by molar-refractivity contribution is -0.134. The Morgan fingerprint density at radius 2 is 2.21 bits per heavy atom. The second kappa shape index (κ2) is 4.74. The summed E-state index contributed by atoms with van der Waals surface area (Å²) < 4.78 is 5.88. The van der Waals surface area contributed by atoms with Gasteiger partial charge in [0.2, 0.25) is 0 Å². The van der Waals surface area contributed by atoms with Crippen LogP contribution >= 0.6 is 0 Å². The number of aldehydes is 1. The Labute approximate surface area is 86.3 Å². The van der Waals surface area contributed by atoms with E-state index < -0.39 is 0 Å². The molecule has 0 aliphatic carbocycles. The van der Waals surface area contributed by atoms with Gasteiger partial charge in [-0.1, -0.05) is 19.9 Å². The van der Waals surface area contributed by atoms with Crippen LogP contribution in [0, 0.1) is 5.41 Å². The maximum absolute atomic E-state index is 10.9. The van der Waals surface area contributed by atoms with E-state index in [1.165, 1.54) is 0 Å². The van der Waals surface area contributed by atoms with Crippen LogP contribution in [0.25, 0.3) is 0 Å². The molecule has 0 spiro atoms. The van der Waals surface area contributed by atoms with E-state index in [0.717, 1.165) is 32.0 Å². The van der Waals surface area contributed by atoms with Gasteiger partial charge in [-0.3, -0.25) is 0 Å². The second-order valence-electron chi connectivity index (χ2n) is 4.64. The van der Waals surface area contributed by atoms with Crippen LogP contribution < -0.4 is 0 Å². The van der Waals surface area contributed by atoms with Crippen LogP contribution in [0.15, 0.2) is 12.7 Å². The Hall–Kier alpha value is -0.630. The average molecular weight is 196 g/mol. The van der Waals surface area contributed by atoms with Gasteiger partial charge in [0.1, 0.15) is 6.29 Å². The molecule has 0 aromatic heterocycles. The molecule has 0 saturated carbocycles. The smallest absolute Gasteiger partial charge is 0.128 e. The Morgan fingerprint density at radius 1 is 1.50 bits per heavy atom. The van der Waals surface area contributed by atoms with E-state index >= 15 is 0 Å². The summed E-state index contributed by atoms with van der Waals surface area (Å²) in [6, 6.07) is 0. The molecule has 1 heterocycles. The van der Waals surface area contributed by atoms with Crippen molar-refractivity contribution in [3.8, 4) is 0 Å². The maximum atomic E-state index is 10.9. The van der Waals surface area contributed by atoms with Crippen molar-refractivity contribution in [2.45, 2.75) is 51.7 Å². The summed E-state index contributed by atoms with van der Waals surface area (Å²) >= 11 is 0. The lowest BCUT2D eigenvalue weighted by Crippen LogP contribution is -2.39. The van der Waals surface area contributed by atoms with Gasteiger partial charge in [-0.15, -0.1) is 6.58 Å². The third kappa shape index (κ3) is 2.68. The number of ether oxygens (including phenoxy) is 1. The Bertz CT molecular complexity index is 208. The first-order valence-corrected chi connectivity index (χ1v) is 5.33. The number of carbonyl (C=O) groups excluding carboxylic acids is 1. The molecule has 0 N–H and O–H groups in total. The lowest BCUT2D eigenvalue weighted by Gasteiger charge is -2.36. The molecule has 1 fully saturated rings. The van der Waals surface area contributed by atoms with Gasteiger partial charge in [-0.25, -0.2) is 0 Å². The summed E-state index contributed by atoms with van der Waals surface area (Å²) in [5.74, 6) is 0. The summed E-state index contributed by atoms with van der Waals surface area (Å²) in [4.78, 5) is 10.9. The minimum absolute atomic E-state index is 0.0821. The van der Waals surface area contributed by atoms with Crippen molar-refractivity contribution in [2.24, 2.45) is 5.41 Å². The number of carbonyl (C=O) groups is 1. The number of hydrogen-bond donors (Lipinski definition) is 0. The minimum atomic E-state index is -0.347. The molecule has 80 valence electrons. The molecule has 1 saturated heterocycles. The fourth-order valence-corrected chi connectivity index (χ4v) is 1.88. The predicted octanol–water partition coefficient (Wildman–Crippen LogP) is 2.73. The molecular formula is C12H20O2. The van der Waals surface area contributed by atoms with E-state index in [1.807, 2.05) is 19.9 Å². The van der Waals surface area contributed by atoms with E-state index in [9.17, 15) is 4.79 Å². The standard InChI is InChI=1S/C12H20O2/c1-4-6-10-7-5-8-11(14-10)12(2,3)9-13/h4,9-11H,1,5-8H2,2-3H3/t10-,11-/m0/s1. The molecule has 2 nitrogen and oxygen atoms in total. The van der Waals surface area contributed by atoms with Crippen molar-refractivity contribution in [1.82, 2.24) is 0 Å². The van der Waals surface area contributed by atoms with Crippen molar-refractivity contribution in [2.75, 3.05) is 0 Å². The Balaban J connectivity index is 2.55. The van der Waals surface area contributed by atoms with E-state index in [2.05, 4.69) is 6.58 Å². The highest BCUT2D eigenvalue weighted by Crippen LogP contribution is 2.31. The Morgan fingerprint density at radius 3 is 2.79 bits per heavy atom. The van der Waals surface area contributed by atoms with Crippen molar-refractivity contribution in [3.63, 3.8) is 0 Å². The predicted molar refractivity (Wildman–Crippen MR) is 57.2 cm³/mol. The zero-order valence-electron chi connectivity index (χ0n) is 9.16. The van der Waals surface area contributed by atoms with Crippen molar-refractivity contribution in [1.29, 1.82) is 0 Å². The molecule has 1 rings (SSSR count). The van der Waals surface area contributed by atoms with Crippen LogP contribution in [0.4, 0.5) is 0 Å². The average Bonchev–Trinajstić information content (AvgIpc) is 2.19. The molecule has 0 aromatic rings. The fraction of sp³-hybridized carbons (Fsp3) is 0.750. The lowest BCUT2D eigenvalue weighted by atomic mass is 9.83. The SMILES string of the molecule is C=CC[C@H]1CCC[C@@H](C(C)(C)C=O)O1. The van der Waals surface area contributed by atoms with Gasteiger partial charge in [-0.2, -0.15) is 0 Å². The summed E-state index contributed by atoms with van der Waals surface area (Å²) in [6.07, 6.45) is 7.39.